The van der Waals surface area contributed by atoms with Crippen LogP contribution in [0.1, 0.15) is 18.1 Å². The van der Waals surface area contributed by atoms with Gasteiger partial charge in [-0.05, 0) is 31.0 Å². The molecule has 0 unspecified atom stereocenters. The van der Waals surface area contributed by atoms with Crippen molar-refractivity contribution >= 4 is 6.08 Å². The van der Waals surface area contributed by atoms with E-state index in [1.54, 1.807) is 0 Å². The van der Waals surface area contributed by atoms with Gasteiger partial charge >= 0.3 is 0 Å². The average molecular weight is 159 g/mol. The normalized spacial score (nSPS) is 11.5. The molecule has 0 saturated carbocycles. The molecule has 0 amide bonds. The first-order valence-corrected chi connectivity index (χ1v) is 4.04. The van der Waals surface area contributed by atoms with Crippen LogP contribution in [0.4, 0.5) is 0 Å². The van der Waals surface area contributed by atoms with Crippen molar-refractivity contribution in [3.63, 3.8) is 0 Å². The van der Waals surface area contributed by atoms with Crippen LogP contribution in [0, 0.1) is 6.92 Å². The Kier molecular flexibility index (Phi) is 3.27. The lowest BCUT2D eigenvalue weighted by Crippen LogP contribution is -1.80. The summed E-state index contributed by atoms with van der Waals surface area (Å²) >= 11 is 0. The molecule has 0 atom stereocenters. The van der Waals surface area contributed by atoms with Crippen molar-refractivity contribution in [3.8, 4) is 0 Å². The highest BCUT2D eigenvalue weighted by Crippen LogP contribution is 2.06. The summed E-state index contributed by atoms with van der Waals surface area (Å²) in [6.45, 7) is 4.06. The van der Waals surface area contributed by atoms with Crippen molar-refractivity contribution in [2.24, 2.45) is 0 Å². The highest BCUT2D eigenvalue weighted by Gasteiger charge is 1.89. The minimum atomic E-state index is 1.21. The fourth-order valence-corrected chi connectivity index (χ4v) is 0.941. The summed E-state index contributed by atoms with van der Waals surface area (Å²) in [6.07, 6.45) is 11.8. The molecule has 1 heteroatoms. The Morgan fingerprint density at radius 3 is 2.83 bits per heavy atom. The smallest absolute Gasteiger partial charge is 0.0303 e. The lowest BCUT2D eigenvalue weighted by atomic mass is 10.1. The van der Waals surface area contributed by atoms with Crippen molar-refractivity contribution in [1.29, 1.82) is 0 Å². The highest BCUT2D eigenvalue weighted by atomic mass is 14.6. The summed E-state index contributed by atoms with van der Waals surface area (Å²) in [7, 11) is 0. The molecule has 0 fully saturated rings. The molecule has 62 valence electrons. The topological polar surface area (TPSA) is 12.9 Å². The van der Waals surface area contributed by atoms with Gasteiger partial charge in [-0.25, -0.2) is 0 Å². The number of aromatic nitrogens is 1. The average Bonchev–Trinajstić information content (AvgIpc) is 2.09. The molecule has 0 spiro atoms. The van der Waals surface area contributed by atoms with Crippen molar-refractivity contribution in [3.05, 3.63) is 47.8 Å². The van der Waals surface area contributed by atoms with Gasteiger partial charge in [0.15, 0.2) is 0 Å². The van der Waals surface area contributed by atoms with Crippen molar-refractivity contribution in [2.45, 2.75) is 13.8 Å². The molecule has 0 aliphatic rings. The standard InChI is InChI=1S/C11H13N/c1-3-4-5-6-11-7-8-12-9-10(11)2/h3-9H,1-2H3/b4-3+,6-5-. The molecule has 1 aromatic heterocycles. The van der Waals surface area contributed by atoms with E-state index in [0.29, 0.717) is 0 Å². The quantitative estimate of drug-likeness (QED) is 0.604. The SMILES string of the molecule is C/C=C/C=C\c1ccncc1C. The van der Waals surface area contributed by atoms with Crippen molar-refractivity contribution in [1.82, 2.24) is 4.98 Å². The number of rotatable bonds is 2. The Hall–Kier alpha value is -1.37. The van der Waals surface area contributed by atoms with Crippen LogP contribution in [0.15, 0.2) is 36.7 Å². The zero-order valence-electron chi connectivity index (χ0n) is 7.49. The second kappa shape index (κ2) is 4.50. The molecular weight excluding hydrogens is 146 g/mol. The molecule has 0 saturated heterocycles. The molecule has 0 aliphatic heterocycles. The first-order valence-electron chi connectivity index (χ1n) is 4.04. The molecule has 1 aromatic rings. The monoisotopic (exact) mass is 159 g/mol. The molecule has 1 nitrogen and oxygen atoms in total. The van der Waals surface area contributed by atoms with Crippen LogP contribution in [0.5, 0.6) is 0 Å². The Morgan fingerprint density at radius 2 is 2.17 bits per heavy atom. The fraction of sp³-hybridized carbons (Fsp3) is 0.182. The summed E-state index contributed by atoms with van der Waals surface area (Å²) in [4.78, 5) is 4.02. The molecule has 0 aromatic carbocycles. The molecule has 1 heterocycles. The molecule has 0 bridgehead atoms. The minimum absolute atomic E-state index is 1.21. The van der Waals surface area contributed by atoms with Gasteiger partial charge in [-0.15, -0.1) is 0 Å². The minimum Gasteiger partial charge on any atom is -0.264 e. The first-order chi connectivity index (χ1) is 5.84. The van der Waals surface area contributed by atoms with Gasteiger partial charge in [-0.2, -0.15) is 0 Å². The van der Waals surface area contributed by atoms with Crippen molar-refractivity contribution < 1.29 is 0 Å². The molecule has 0 radical (unpaired) electrons. The number of allylic oxidation sites excluding steroid dienone is 3. The van der Waals surface area contributed by atoms with Crippen LogP contribution in [0.25, 0.3) is 6.08 Å². The van der Waals surface area contributed by atoms with E-state index in [-0.39, 0.29) is 0 Å². The first kappa shape index (κ1) is 8.72. The third kappa shape index (κ3) is 2.35. The van der Waals surface area contributed by atoms with Crippen LogP contribution in [0.2, 0.25) is 0 Å². The maximum absolute atomic E-state index is 4.02. The maximum Gasteiger partial charge on any atom is 0.0303 e. The Morgan fingerprint density at radius 1 is 1.33 bits per heavy atom. The fourth-order valence-electron chi connectivity index (χ4n) is 0.941. The predicted octanol–water partition coefficient (Wildman–Crippen LogP) is 2.98. The summed E-state index contributed by atoms with van der Waals surface area (Å²) < 4.78 is 0. The van der Waals surface area contributed by atoms with Gasteiger partial charge in [-0.3, -0.25) is 4.98 Å². The summed E-state index contributed by atoms with van der Waals surface area (Å²) in [5.41, 5.74) is 2.43. The van der Waals surface area contributed by atoms with Gasteiger partial charge in [0.25, 0.3) is 0 Å². The van der Waals surface area contributed by atoms with E-state index in [1.165, 1.54) is 11.1 Å². The van der Waals surface area contributed by atoms with Crippen LogP contribution in [-0.4, -0.2) is 4.98 Å². The van der Waals surface area contributed by atoms with Gasteiger partial charge < -0.3 is 0 Å². The summed E-state index contributed by atoms with van der Waals surface area (Å²) in [6, 6.07) is 2.01. The van der Waals surface area contributed by atoms with Gasteiger partial charge in [0.1, 0.15) is 0 Å². The number of hydrogen-bond acceptors (Lipinski definition) is 1. The largest absolute Gasteiger partial charge is 0.264 e. The zero-order valence-corrected chi connectivity index (χ0v) is 7.49. The van der Waals surface area contributed by atoms with Gasteiger partial charge in [0.2, 0.25) is 0 Å². The van der Waals surface area contributed by atoms with Crippen LogP contribution >= 0.6 is 0 Å². The second-order valence-electron chi connectivity index (χ2n) is 2.62. The molecule has 1 rings (SSSR count). The second-order valence-corrected chi connectivity index (χ2v) is 2.62. The van der Waals surface area contributed by atoms with E-state index in [9.17, 15) is 0 Å². The molecular formula is C11H13N. The van der Waals surface area contributed by atoms with Gasteiger partial charge in [-0.1, -0.05) is 24.3 Å². The van der Waals surface area contributed by atoms with Gasteiger partial charge in [0, 0.05) is 12.4 Å². The molecule has 0 aliphatic carbocycles. The van der Waals surface area contributed by atoms with E-state index < -0.39 is 0 Å². The number of pyridine rings is 1. The molecule has 12 heavy (non-hydrogen) atoms. The lowest BCUT2D eigenvalue weighted by molar-refractivity contribution is 1.26. The van der Waals surface area contributed by atoms with E-state index in [2.05, 4.69) is 18.0 Å². The van der Waals surface area contributed by atoms with E-state index in [1.807, 2.05) is 43.6 Å². The van der Waals surface area contributed by atoms with Crippen molar-refractivity contribution in [2.75, 3.05) is 0 Å². The maximum atomic E-state index is 4.02. The van der Waals surface area contributed by atoms with Crippen LogP contribution in [0.3, 0.4) is 0 Å². The molecule has 0 N–H and O–H groups in total. The van der Waals surface area contributed by atoms with E-state index >= 15 is 0 Å². The van der Waals surface area contributed by atoms with Gasteiger partial charge in [0.05, 0.1) is 0 Å². The lowest BCUT2D eigenvalue weighted by Gasteiger charge is -1.95. The third-order valence-electron chi connectivity index (χ3n) is 1.64. The van der Waals surface area contributed by atoms with Crippen LogP contribution < -0.4 is 0 Å². The Labute approximate surface area is 73.5 Å². The summed E-state index contributed by atoms with van der Waals surface area (Å²) in [5.74, 6) is 0. The van der Waals surface area contributed by atoms with Crippen LogP contribution in [-0.2, 0) is 0 Å². The van der Waals surface area contributed by atoms with E-state index in [0.717, 1.165) is 0 Å². The zero-order chi connectivity index (χ0) is 8.81. The summed E-state index contributed by atoms with van der Waals surface area (Å²) in [5, 5.41) is 0. The van der Waals surface area contributed by atoms with E-state index in [4.69, 9.17) is 0 Å². The predicted molar refractivity (Wildman–Crippen MR) is 52.8 cm³/mol. The highest BCUT2D eigenvalue weighted by molar-refractivity contribution is 5.53. The Balaban J connectivity index is 2.82. The number of aryl methyl sites for hydroxylation is 1. The number of hydrogen-bond donors (Lipinski definition) is 0. The third-order valence-corrected chi connectivity index (χ3v) is 1.64. The Bertz CT molecular complexity index is 298. The number of nitrogens with zero attached hydrogens (tertiary/aromatic N) is 1.